The van der Waals surface area contributed by atoms with E-state index in [0.29, 0.717) is 23.4 Å². The van der Waals surface area contributed by atoms with Crippen molar-refractivity contribution in [1.82, 2.24) is 4.57 Å². The van der Waals surface area contributed by atoms with E-state index in [9.17, 15) is 13.2 Å². The highest BCUT2D eigenvalue weighted by atomic mass is 35.5. The zero-order chi connectivity index (χ0) is 20.3. The highest BCUT2D eigenvalue weighted by Crippen LogP contribution is 2.42. The first kappa shape index (κ1) is 18.7. The number of oxazole rings is 1. The largest absolute Gasteiger partial charge is 0.449 e. The van der Waals surface area contributed by atoms with E-state index in [-0.39, 0.29) is 21.2 Å². The maximum absolute atomic E-state index is 12.8. The average molecular weight is 425 g/mol. The number of nitrogens with zero attached hydrogens (tertiary/aromatic N) is 1. The van der Waals surface area contributed by atoms with Gasteiger partial charge in [-0.05, 0) is 18.2 Å². The molecule has 0 aliphatic carbocycles. The number of sulfonamides is 1. The Bertz CT molecular complexity index is 1260. The predicted octanol–water partition coefficient (Wildman–Crippen LogP) is 3.48. The minimum atomic E-state index is -4.04. The molecule has 0 spiro atoms. The molecule has 1 aliphatic heterocycles. The van der Waals surface area contributed by atoms with Gasteiger partial charge in [0.2, 0.25) is 5.79 Å². The Labute approximate surface area is 165 Å². The van der Waals surface area contributed by atoms with Crippen molar-refractivity contribution in [3.05, 3.63) is 45.9 Å². The van der Waals surface area contributed by atoms with Gasteiger partial charge in [-0.3, -0.25) is 9.29 Å². The molecular weight excluding hydrogens is 408 g/mol. The first-order valence-electron chi connectivity index (χ1n) is 8.46. The van der Waals surface area contributed by atoms with Crippen molar-refractivity contribution in [3.8, 4) is 11.5 Å². The van der Waals surface area contributed by atoms with Gasteiger partial charge in [0, 0.05) is 32.5 Å². The number of anilines is 1. The fourth-order valence-electron chi connectivity index (χ4n) is 2.91. The van der Waals surface area contributed by atoms with E-state index in [2.05, 4.69) is 4.72 Å². The lowest BCUT2D eigenvalue weighted by Crippen LogP contribution is -2.33. The van der Waals surface area contributed by atoms with Crippen LogP contribution in [0.3, 0.4) is 0 Å². The normalized spacial score (nSPS) is 18.6. The first-order valence-corrected chi connectivity index (χ1v) is 10.3. The Balaban J connectivity index is 1.69. The third-order valence-corrected chi connectivity index (χ3v) is 6.47. The molecule has 4 rings (SSSR count). The van der Waals surface area contributed by atoms with E-state index in [1.165, 1.54) is 23.7 Å². The van der Waals surface area contributed by atoms with E-state index in [0.717, 1.165) is 0 Å². The van der Waals surface area contributed by atoms with Gasteiger partial charge in [0.25, 0.3) is 10.0 Å². The Morgan fingerprint density at radius 3 is 2.61 bits per heavy atom. The summed E-state index contributed by atoms with van der Waals surface area (Å²) in [6.45, 7) is 3.73. The van der Waals surface area contributed by atoms with Gasteiger partial charge >= 0.3 is 5.76 Å². The molecule has 2 heterocycles. The molecule has 0 saturated carbocycles. The second-order valence-electron chi connectivity index (χ2n) is 6.64. The van der Waals surface area contributed by atoms with E-state index in [1.807, 2.05) is 6.92 Å². The van der Waals surface area contributed by atoms with Crippen LogP contribution in [0.5, 0.6) is 11.5 Å². The van der Waals surface area contributed by atoms with Gasteiger partial charge in [-0.15, -0.1) is 0 Å². The molecule has 0 fully saturated rings. The van der Waals surface area contributed by atoms with E-state index in [1.54, 1.807) is 25.1 Å². The van der Waals surface area contributed by atoms with E-state index in [4.69, 9.17) is 25.5 Å². The summed E-state index contributed by atoms with van der Waals surface area (Å²) in [4.78, 5) is 11.4. The fourth-order valence-corrected chi connectivity index (χ4v) is 4.50. The van der Waals surface area contributed by atoms with Crippen LogP contribution in [0.2, 0.25) is 5.02 Å². The van der Waals surface area contributed by atoms with Crippen LogP contribution in [0.15, 0.2) is 44.4 Å². The van der Waals surface area contributed by atoms with Crippen molar-refractivity contribution < 1.29 is 22.3 Å². The number of fused-ring (bicyclic) bond motifs is 2. The summed E-state index contributed by atoms with van der Waals surface area (Å²) in [5, 5.41) is -0.0318. The summed E-state index contributed by atoms with van der Waals surface area (Å²) in [6.07, 6.45) is 0.626. The quantitative estimate of drug-likeness (QED) is 0.688. The molecule has 3 aromatic rings. The number of ether oxygens (including phenoxy) is 2. The summed E-state index contributed by atoms with van der Waals surface area (Å²) in [7, 11) is -2.53. The number of rotatable bonds is 4. The SMILES string of the molecule is CCC1(C)Oc2ccc(NS(=O)(=O)c3cc4oc(=O)n(C)c4cc3Cl)cc2O1. The lowest BCUT2D eigenvalue weighted by Gasteiger charge is -2.20. The van der Waals surface area contributed by atoms with Crippen LogP contribution < -0.4 is 20.0 Å². The molecule has 1 unspecified atom stereocenters. The van der Waals surface area contributed by atoms with Crippen LogP contribution in [0.25, 0.3) is 11.1 Å². The monoisotopic (exact) mass is 424 g/mol. The number of hydrogen-bond acceptors (Lipinski definition) is 6. The highest BCUT2D eigenvalue weighted by molar-refractivity contribution is 7.92. The molecule has 1 N–H and O–H groups in total. The van der Waals surface area contributed by atoms with Crippen LogP contribution in [-0.2, 0) is 17.1 Å². The van der Waals surface area contributed by atoms with Crippen LogP contribution in [-0.4, -0.2) is 18.8 Å². The molecule has 2 aromatic carbocycles. The highest BCUT2D eigenvalue weighted by Gasteiger charge is 2.35. The summed E-state index contributed by atoms with van der Waals surface area (Å²) in [5.41, 5.74) is 0.811. The summed E-state index contributed by atoms with van der Waals surface area (Å²) in [6, 6.07) is 7.35. The molecule has 1 aromatic heterocycles. The molecule has 0 radical (unpaired) electrons. The van der Waals surface area contributed by atoms with Crippen LogP contribution >= 0.6 is 11.6 Å². The number of nitrogens with one attached hydrogen (secondary N) is 1. The fraction of sp³-hybridized carbons (Fsp3) is 0.278. The summed E-state index contributed by atoms with van der Waals surface area (Å²) in [5.74, 6) is -0.403. The number of hydrogen-bond donors (Lipinski definition) is 1. The van der Waals surface area contributed by atoms with Crippen LogP contribution in [0, 0.1) is 0 Å². The molecule has 28 heavy (non-hydrogen) atoms. The average Bonchev–Trinajstić information content (AvgIpc) is 3.10. The van der Waals surface area contributed by atoms with Crippen molar-refractivity contribution in [1.29, 1.82) is 0 Å². The third kappa shape index (κ3) is 3.00. The standard InChI is InChI=1S/C18H17ClN2O6S/c1-4-18(2)26-13-6-5-10(7-15(13)27-18)20-28(23,24)16-9-14-12(8-11(16)19)21(3)17(22)25-14/h5-9,20H,4H2,1-3H3. The van der Waals surface area contributed by atoms with Crippen LogP contribution in [0.4, 0.5) is 5.69 Å². The smallest absolute Gasteiger partial charge is 0.419 e. The molecular formula is C18H17ClN2O6S. The molecule has 148 valence electrons. The number of benzene rings is 2. The van der Waals surface area contributed by atoms with Gasteiger partial charge in [0.1, 0.15) is 4.90 Å². The number of aromatic nitrogens is 1. The lowest BCUT2D eigenvalue weighted by molar-refractivity contribution is -0.0640. The van der Waals surface area contributed by atoms with Crippen LogP contribution in [0.1, 0.15) is 20.3 Å². The van der Waals surface area contributed by atoms with Crippen molar-refractivity contribution in [2.24, 2.45) is 7.05 Å². The van der Waals surface area contributed by atoms with Gasteiger partial charge < -0.3 is 13.9 Å². The third-order valence-electron chi connectivity index (χ3n) is 4.63. The molecule has 0 saturated heterocycles. The van der Waals surface area contributed by atoms with Gasteiger partial charge in [-0.25, -0.2) is 13.2 Å². The van der Waals surface area contributed by atoms with Gasteiger partial charge in [0.15, 0.2) is 17.1 Å². The zero-order valence-electron chi connectivity index (χ0n) is 15.3. The predicted molar refractivity (Wildman–Crippen MR) is 104 cm³/mol. The van der Waals surface area contributed by atoms with Crippen molar-refractivity contribution in [2.75, 3.05) is 4.72 Å². The zero-order valence-corrected chi connectivity index (χ0v) is 16.8. The van der Waals surface area contributed by atoms with Gasteiger partial charge in [0.05, 0.1) is 16.2 Å². The Morgan fingerprint density at radius 2 is 1.89 bits per heavy atom. The summed E-state index contributed by atoms with van der Waals surface area (Å²) >= 11 is 6.16. The molecule has 0 amide bonds. The molecule has 10 heteroatoms. The van der Waals surface area contributed by atoms with Gasteiger partial charge in [-0.2, -0.15) is 0 Å². The maximum Gasteiger partial charge on any atom is 0.419 e. The molecule has 1 atom stereocenters. The minimum absolute atomic E-state index is 0.0318. The summed E-state index contributed by atoms with van der Waals surface area (Å²) < 4.78 is 46.0. The Kier molecular flexibility index (Phi) is 4.13. The molecule has 1 aliphatic rings. The molecule has 8 nitrogen and oxygen atoms in total. The Hall–Kier alpha value is -2.65. The molecule has 0 bridgehead atoms. The number of aryl methyl sites for hydroxylation is 1. The van der Waals surface area contributed by atoms with Crippen molar-refractivity contribution in [3.63, 3.8) is 0 Å². The lowest BCUT2D eigenvalue weighted by atomic mass is 10.2. The first-order chi connectivity index (χ1) is 13.1. The van der Waals surface area contributed by atoms with Crippen molar-refractivity contribution >= 4 is 38.4 Å². The topological polar surface area (TPSA) is 99.8 Å². The maximum atomic E-state index is 12.8. The second kappa shape index (κ2) is 6.18. The van der Waals surface area contributed by atoms with Gasteiger partial charge in [-0.1, -0.05) is 18.5 Å². The number of halogens is 1. The van der Waals surface area contributed by atoms with Crippen molar-refractivity contribution in [2.45, 2.75) is 31.0 Å². The minimum Gasteiger partial charge on any atom is -0.449 e. The van der Waals surface area contributed by atoms with E-state index >= 15 is 0 Å². The van der Waals surface area contributed by atoms with E-state index < -0.39 is 21.6 Å². The second-order valence-corrected chi connectivity index (χ2v) is 8.69. The Morgan fingerprint density at radius 1 is 1.18 bits per heavy atom.